The van der Waals surface area contributed by atoms with Crippen molar-refractivity contribution >= 4 is 0 Å². The van der Waals surface area contributed by atoms with Crippen molar-refractivity contribution in [3.63, 3.8) is 0 Å². The van der Waals surface area contributed by atoms with Crippen LogP contribution < -0.4 is 10.1 Å². The number of nitrogens with one attached hydrogen (secondary N) is 1. The van der Waals surface area contributed by atoms with Crippen LogP contribution in [0.15, 0.2) is 18.2 Å². The number of hydrogen-bond donors (Lipinski definition) is 1. The van der Waals surface area contributed by atoms with E-state index in [0.717, 1.165) is 11.1 Å². The Morgan fingerprint density at radius 3 is 2.73 bits per heavy atom. The maximum Gasteiger partial charge on any atom is 0.272 e. The number of halogens is 2. The van der Waals surface area contributed by atoms with Gasteiger partial charge in [-0.15, -0.1) is 0 Å². The molecule has 0 heterocycles. The van der Waals surface area contributed by atoms with Gasteiger partial charge < -0.3 is 10.1 Å². The van der Waals surface area contributed by atoms with Gasteiger partial charge in [-0.3, -0.25) is 0 Å². The summed E-state index contributed by atoms with van der Waals surface area (Å²) in [5, 5.41) is 2.97. The van der Waals surface area contributed by atoms with Crippen LogP contribution in [0, 0.1) is 6.92 Å². The molecule has 0 radical (unpaired) electrons. The Morgan fingerprint density at radius 2 is 2.13 bits per heavy atom. The van der Waals surface area contributed by atoms with Crippen LogP contribution in [0.3, 0.4) is 0 Å². The molecule has 1 N–H and O–H groups in total. The lowest BCUT2D eigenvalue weighted by Gasteiger charge is -2.11. The van der Waals surface area contributed by atoms with Crippen molar-refractivity contribution in [3.8, 4) is 5.75 Å². The summed E-state index contributed by atoms with van der Waals surface area (Å²) in [6.45, 7) is 2.01. The second-order valence-corrected chi connectivity index (χ2v) is 3.34. The van der Waals surface area contributed by atoms with Crippen molar-refractivity contribution in [1.82, 2.24) is 5.32 Å². The van der Waals surface area contributed by atoms with E-state index in [4.69, 9.17) is 4.74 Å². The summed E-state index contributed by atoms with van der Waals surface area (Å²) in [5.74, 6) is 0.523. The molecule has 1 rings (SSSR count). The molecule has 1 aromatic carbocycles. The molecular weight excluding hydrogens is 200 g/mol. The van der Waals surface area contributed by atoms with Crippen LogP contribution in [-0.4, -0.2) is 20.1 Å². The maximum atomic E-state index is 12.0. The Hall–Kier alpha value is -1.16. The Kier molecular flexibility index (Phi) is 4.49. The molecule has 0 saturated heterocycles. The topological polar surface area (TPSA) is 21.3 Å². The summed E-state index contributed by atoms with van der Waals surface area (Å²) < 4.78 is 29.0. The lowest BCUT2D eigenvalue weighted by Crippen LogP contribution is -2.11. The largest absolute Gasteiger partial charge is 0.487 e. The normalized spacial score (nSPS) is 10.7. The van der Waals surface area contributed by atoms with Crippen molar-refractivity contribution in [1.29, 1.82) is 0 Å². The molecule has 0 fully saturated rings. The molecule has 1 aromatic rings. The predicted octanol–water partition coefficient (Wildman–Crippen LogP) is 2.36. The first-order chi connectivity index (χ1) is 7.13. The number of benzene rings is 1. The van der Waals surface area contributed by atoms with E-state index in [9.17, 15) is 8.78 Å². The second kappa shape index (κ2) is 5.66. The molecular formula is C11H15F2NO. The molecule has 0 unspecified atom stereocenters. The van der Waals surface area contributed by atoms with Gasteiger partial charge in [-0.2, -0.15) is 0 Å². The van der Waals surface area contributed by atoms with Gasteiger partial charge >= 0.3 is 0 Å². The highest BCUT2D eigenvalue weighted by Crippen LogP contribution is 2.20. The van der Waals surface area contributed by atoms with E-state index in [0.29, 0.717) is 12.3 Å². The first-order valence-electron chi connectivity index (χ1n) is 4.78. The quantitative estimate of drug-likeness (QED) is 0.814. The smallest absolute Gasteiger partial charge is 0.272 e. The van der Waals surface area contributed by atoms with Crippen LogP contribution >= 0.6 is 0 Å². The molecule has 15 heavy (non-hydrogen) atoms. The third kappa shape index (κ3) is 3.83. The molecule has 0 bridgehead atoms. The molecule has 0 aliphatic carbocycles. The molecule has 0 spiro atoms. The molecule has 84 valence electrons. The molecule has 0 amide bonds. The van der Waals surface area contributed by atoms with Gasteiger partial charge in [0.15, 0.2) is 0 Å². The van der Waals surface area contributed by atoms with E-state index in [1.54, 1.807) is 13.1 Å². The van der Waals surface area contributed by atoms with Crippen LogP contribution in [0.25, 0.3) is 0 Å². The zero-order valence-corrected chi connectivity index (χ0v) is 8.89. The fraction of sp³-hybridized carbons (Fsp3) is 0.455. The lowest BCUT2D eigenvalue weighted by atomic mass is 10.1. The molecule has 0 aromatic heterocycles. The third-order valence-corrected chi connectivity index (χ3v) is 1.95. The standard InChI is InChI=1S/C11H15F2NO/c1-8-3-4-10(15-7-11(12)13)9(5-8)6-14-2/h3-5,11,14H,6-7H2,1-2H3. The molecule has 2 nitrogen and oxygen atoms in total. The first-order valence-corrected chi connectivity index (χ1v) is 4.78. The lowest BCUT2D eigenvalue weighted by molar-refractivity contribution is 0.0814. The highest BCUT2D eigenvalue weighted by atomic mass is 19.3. The Morgan fingerprint density at radius 1 is 1.40 bits per heavy atom. The summed E-state index contributed by atoms with van der Waals surface area (Å²) in [6.07, 6.45) is -2.44. The van der Waals surface area contributed by atoms with Gasteiger partial charge in [0, 0.05) is 12.1 Å². The van der Waals surface area contributed by atoms with Gasteiger partial charge in [-0.05, 0) is 20.0 Å². The minimum absolute atomic E-state index is 0.523. The Balaban J connectivity index is 2.76. The van der Waals surface area contributed by atoms with Crippen molar-refractivity contribution in [2.75, 3.05) is 13.7 Å². The number of alkyl halides is 2. The van der Waals surface area contributed by atoms with E-state index < -0.39 is 13.0 Å². The van der Waals surface area contributed by atoms with E-state index in [-0.39, 0.29) is 0 Å². The first kappa shape index (κ1) is 11.9. The van der Waals surface area contributed by atoms with Crippen LogP contribution in [0.2, 0.25) is 0 Å². The number of hydrogen-bond acceptors (Lipinski definition) is 2. The van der Waals surface area contributed by atoms with Crippen LogP contribution in [-0.2, 0) is 6.54 Å². The fourth-order valence-electron chi connectivity index (χ4n) is 1.33. The molecule has 0 atom stereocenters. The fourth-order valence-corrected chi connectivity index (χ4v) is 1.33. The molecule has 0 aliphatic rings. The zero-order chi connectivity index (χ0) is 11.3. The minimum atomic E-state index is -2.44. The number of ether oxygens (including phenoxy) is 1. The summed E-state index contributed by atoms with van der Waals surface area (Å²) >= 11 is 0. The Labute approximate surface area is 88.3 Å². The van der Waals surface area contributed by atoms with Crippen molar-refractivity contribution in [2.24, 2.45) is 0 Å². The van der Waals surface area contributed by atoms with Gasteiger partial charge in [0.05, 0.1) is 0 Å². The minimum Gasteiger partial charge on any atom is -0.487 e. The summed E-state index contributed by atoms with van der Waals surface area (Å²) in [5.41, 5.74) is 1.99. The average molecular weight is 215 g/mol. The van der Waals surface area contributed by atoms with Crippen LogP contribution in [0.4, 0.5) is 8.78 Å². The van der Waals surface area contributed by atoms with E-state index in [1.807, 2.05) is 19.1 Å². The van der Waals surface area contributed by atoms with E-state index in [2.05, 4.69) is 5.32 Å². The Bertz CT molecular complexity index is 315. The SMILES string of the molecule is CNCc1cc(C)ccc1OCC(F)F. The van der Waals surface area contributed by atoms with E-state index >= 15 is 0 Å². The predicted molar refractivity (Wildman–Crippen MR) is 55.4 cm³/mol. The van der Waals surface area contributed by atoms with Gasteiger partial charge in [-0.25, -0.2) is 8.78 Å². The summed E-state index contributed by atoms with van der Waals surface area (Å²) in [7, 11) is 1.80. The molecule has 4 heteroatoms. The molecule has 0 saturated carbocycles. The third-order valence-electron chi connectivity index (χ3n) is 1.95. The van der Waals surface area contributed by atoms with E-state index in [1.165, 1.54) is 0 Å². The molecule has 0 aliphatic heterocycles. The van der Waals surface area contributed by atoms with Crippen LogP contribution in [0.1, 0.15) is 11.1 Å². The second-order valence-electron chi connectivity index (χ2n) is 3.34. The highest BCUT2D eigenvalue weighted by Gasteiger charge is 2.07. The van der Waals surface area contributed by atoms with Gasteiger partial charge in [0.25, 0.3) is 6.43 Å². The van der Waals surface area contributed by atoms with Crippen molar-refractivity contribution in [2.45, 2.75) is 19.9 Å². The summed E-state index contributed by atoms with van der Waals surface area (Å²) in [6, 6.07) is 5.50. The number of rotatable bonds is 5. The van der Waals surface area contributed by atoms with Gasteiger partial charge in [0.1, 0.15) is 12.4 Å². The zero-order valence-electron chi connectivity index (χ0n) is 8.89. The highest BCUT2D eigenvalue weighted by molar-refractivity contribution is 5.36. The maximum absolute atomic E-state index is 12.0. The van der Waals surface area contributed by atoms with Gasteiger partial charge in [-0.1, -0.05) is 17.7 Å². The van der Waals surface area contributed by atoms with Crippen molar-refractivity contribution in [3.05, 3.63) is 29.3 Å². The monoisotopic (exact) mass is 215 g/mol. The van der Waals surface area contributed by atoms with Gasteiger partial charge in [0.2, 0.25) is 0 Å². The van der Waals surface area contributed by atoms with Crippen molar-refractivity contribution < 1.29 is 13.5 Å². The summed E-state index contributed by atoms with van der Waals surface area (Å²) in [4.78, 5) is 0. The average Bonchev–Trinajstić information content (AvgIpc) is 2.17. The number of aryl methyl sites for hydroxylation is 1. The van der Waals surface area contributed by atoms with Crippen LogP contribution in [0.5, 0.6) is 5.75 Å².